The van der Waals surface area contributed by atoms with Gasteiger partial charge in [0.1, 0.15) is 5.76 Å². The molecule has 0 aliphatic heterocycles. The van der Waals surface area contributed by atoms with Crippen molar-refractivity contribution in [3.05, 3.63) is 22.6 Å². The van der Waals surface area contributed by atoms with E-state index < -0.39 is 5.97 Å². The van der Waals surface area contributed by atoms with E-state index in [4.69, 9.17) is 27.1 Å². The number of esters is 1. The molecule has 1 aromatic rings. The number of thiocarbonyl (C=S) groups is 1. The summed E-state index contributed by atoms with van der Waals surface area (Å²) < 4.78 is 10.9. The Morgan fingerprint density at radius 1 is 1.48 bits per heavy atom. The van der Waals surface area contributed by atoms with Crippen LogP contribution in [-0.4, -0.2) is 22.9 Å². The van der Waals surface area contributed by atoms with Gasteiger partial charge >= 0.3 is 5.97 Å². The maximum absolute atomic E-state index is 12.1. The van der Waals surface area contributed by atoms with E-state index in [1.165, 1.54) is 0 Å². The molecule has 0 radical (unpaired) electrons. The summed E-state index contributed by atoms with van der Waals surface area (Å²) in [7, 11) is 0. The number of nitrogens with one attached hydrogen (secondary N) is 1. The predicted octanol–water partition coefficient (Wildman–Crippen LogP) is 2.03. The van der Waals surface area contributed by atoms with Crippen molar-refractivity contribution in [2.24, 2.45) is 10.8 Å². The number of furan rings is 1. The Morgan fingerprint density at radius 3 is 2.81 bits per heavy atom. The van der Waals surface area contributed by atoms with Gasteiger partial charge in [0.15, 0.2) is 5.11 Å². The van der Waals surface area contributed by atoms with Crippen molar-refractivity contribution in [2.75, 3.05) is 0 Å². The molecule has 0 atom stereocenters. The van der Waals surface area contributed by atoms with Gasteiger partial charge in [-0.25, -0.2) is 4.79 Å². The molecule has 1 aromatic heterocycles. The summed E-state index contributed by atoms with van der Waals surface area (Å²) in [6, 6.07) is 0. The van der Waals surface area contributed by atoms with E-state index in [0.717, 1.165) is 41.9 Å². The summed E-state index contributed by atoms with van der Waals surface area (Å²) in [5.74, 6) is 0.565. The molecule has 0 bridgehead atoms. The van der Waals surface area contributed by atoms with E-state index in [9.17, 15) is 4.79 Å². The molecule has 6 nitrogen and oxygen atoms in total. The summed E-state index contributed by atoms with van der Waals surface area (Å²) >= 11 is 4.75. The highest BCUT2D eigenvalue weighted by molar-refractivity contribution is 7.80. The second-order valence-corrected chi connectivity index (χ2v) is 5.64. The quantitative estimate of drug-likeness (QED) is 0.504. The number of carbonyl (C=O) groups excluding carboxylic acids is 1. The fraction of sp³-hybridized carbons (Fsp3) is 0.500. The van der Waals surface area contributed by atoms with Gasteiger partial charge in [-0.15, -0.1) is 0 Å². The summed E-state index contributed by atoms with van der Waals surface area (Å²) in [6.45, 7) is 5.44. The zero-order valence-corrected chi connectivity index (χ0v) is 13.2. The molecule has 1 aliphatic carbocycles. The summed E-state index contributed by atoms with van der Waals surface area (Å²) in [6.07, 6.45) is 2.26. The summed E-state index contributed by atoms with van der Waals surface area (Å²) in [5, 5.41) is 4.31. The Hall–Kier alpha value is -1.89. The molecule has 0 amide bonds. The van der Waals surface area contributed by atoms with Crippen LogP contribution in [0.15, 0.2) is 9.52 Å². The van der Waals surface area contributed by atoms with E-state index in [2.05, 4.69) is 10.5 Å². The SMILES string of the molecule is Cc1c(C(=O)OC(C)C)oc2c1/C(=N/NC(N)=S)CCC2. The van der Waals surface area contributed by atoms with Crippen LogP contribution in [0.3, 0.4) is 0 Å². The number of hydrazone groups is 1. The smallest absolute Gasteiger partial charge is 0.374 e. The fourth-order valence-electron chi connectivity index (χ4n) is 2.36. The number of hydrogen-bond donors (Lipinski definition) is 2. The van der Waals surface area contributed by atoms with E-state index in [-0.39, 0.29) is 17.0 Å². The van der Waals surface area contributed by atoms with Gasteiger partial charge in [0.25, 0.3) is 0 Å². The Morgan fingerprint density at radius 2 is 2.19 bits per heavy atom. The monoisotopic (exact) mass is 309 g/mol. The van der Waals surface area contributed by atoms with Gasteiger partial charge in [0.05, 0.1) is 11.8 Å². The van der Waals surface area contributed by atoms with Crippen LogP contribution in [0, 0.1) is 6.92 Å². The highest BCUT2D eigenvalue weighted by Gasteiger charge is 2.28. The lowest BCUT2D eigenvalue weighted by atomic mass is 9.93. The van der Waals surface area contributed by atoms with Crippen molar-refractivity contribution in [3.63, 3.8) is 0 Å². The first-order valence-corrected chi connectivity index (χ1v) is 7.26. The van der Waals surface area contributed by atoms with Crippen LogP contribution in [0.5, 0.6) is 0 Å². The fourth-order valence-corrected chi connectivity index (χ4v) is 2.41. The molecule has 1 aliphatic rings. The molecule has 0 saturated heterocycles. The number of hydrogen-bond acceptors (Lipinski definition) is 5. The average molecular weight is 309 g/mol. The summed E-state index contributed by atoms with van der Waals surface area (Å²) in [5.41, 5.74) is 10.4. The number of fused-ring (bicyclic) bond motifs is 1. The van der Waals surface area contributed by atoms with Gasteiger partial charge in [-0.05, 0) is 45.8 Å². The number of rotatable bonds is 3. The summed E-state index contributed by atoms with van der Waals surface area (Å²) in [4.78, 5) is 12.1. The molecule has 21 heavy (non-hydrogen) atoms. The van der Waals surface area contributed by atoms with Crippen molar-refractivity contribution in [2.45, 2.75) is 46.1 Å². The standard InChI is InChI=1S/C14H19N3O3S/c1-7(2)19-13(18)12-8(3)11-9(16-17-14(15)21)5-4-6-10(11)20-12/h7H,4-6H2,1-3H3,(H3,15,17,21)/b16-9+. The third-order valence-corrected chi connectivity index (χ3v) is 3.25. The minimum absolute atomic E-state index is 0.107. The van der Waals surface area contributed by atoms with Crippen molar-refractivity contribution in [3.8, 4) is 0 Å². The molecule has 2 rings (SSSR count). The molecule has 3 N–H and O–H groups in total. The number of aryl methyl sites for hydroxylation is 1. The van der Waals surface area contributed by atoms with Crippen LogP contribution in [-0.2, 0) is 11.2 Å². The van der Waals surface area contributed by atoms with Gasteiger partial charge in [-0.1, -0.05) is 0 Å². The number of ether oxygens (including phenoxy) is 1. The van der Waals surface area contributed by atoms with E-state index >= 15 is 0 Å². The van der Waals surface area contributed by atoms with Gasteiger partial charge in [0, 0.05) is 17.5 Å². The Kier molecular flexibility index (Phi) is 4.62. The van der Waals surface area contributed by atoms with E-state index in [1.807, 2.05) is 6.92 Å². The van der Waals surface area contributed by atoms with Crippen LogP contribution in [0.25, 0.3) is 0 Å². The van der Waals surface area contributed by atoms with Gasteiger partial charge < -0.3 is 14.9 Å². The third kappa shape index (κ3) is 3.41. The van der Waals surface area contributed by atoms with Gasteiger partial charge in [-0.2, -0.15) is 5.10 Å². The van der Waals surface area contributed by atoms with Crippen LogP contribution >= 0.6 is 12.2 Å². The molecule has 1 heterocycles. The zero-order chi connectivity index (χ0) is 15.6. The Labute approximate surface area is 128 Å². The first-order chi connectivity index (χ1) is 9.90. The van der Waals surface area contributed by atoms with E-state index in [1.54, 1.807) is 13.8 Å². The Bertz CT molecular complexity index is 605. The minimum Gasteiger partial charge on any atom is -0.457 e. The van der Waals surface area contributed by atoms with Crippen LogP contribution < -0.4 is 11.2 Å². The molecule has 0 spiro atoms. The molecule has 0 unspecified atom stereocenters. The zero-order valence-electron chi connectivity index (χ0n) is 12.4. The highest BCUT2D eigenvalue weighted by atomic mass is 32.1. The topological polar surface area (TPSA) is 89.8 Å². The van der Waals surface area contributed by atoms with Crippen molar-refractivity contribution in [1.82, 2.24) is 5.43 Å². The van der Waals surface area contributed by atoms with Crippen molar-refractivity contribution in [1.29, 1.82) is 0 Å². The maximum Gasteiger partial charge on any atom is 0.374 e. The lowest BCUT2D eigenvalue weighted by Crippen LogP contribution is -2.26. The maximum atomic E-state index is 12.1. The third-order valence-electron chi connectivity index (χ3n) is 3.15. The first-order valence-electron chi connectivity index (χ1n) is 6.85. The lowest BCUT2D eigenvalue weighted by Gasteiger charge is -2.13. The minimum atomic E-state index is -0.446. The highest BCUT2D eigenvalue weighted by Crippen LogP contribution is 2.30. The van der Waals surface area contributed by atoms with Gasteiger partial charge in [0.2, 0.25) is 5.76 Å². The number of nitrogens with zero attached hydrogens (tertiary/aromatic N) is 1. The molecule has 0 saturated carbocycles. The van der Waals surface area contributed by atoms with Crippen LogP contribution in [0.2, 0.25) is 0 Å². The predicted molar refractivity (Wildman–Crippen MR) is 83.4 cm³/mol. The number of carbonyl (C=O) groups is 1. The molecular formula is C14H19N3O3S. The van der Waals surface area contributed by atoms with Crippen LogP contribution in [0.1, 0.15) is 54.1 Å². The first kappa shape index (κ1) is 15.5. The van der Waals surface area contributed by atoms with Gasteiger partial charge in [-0.3, -0.25) is 5.43 Å². The lowest BCUT2D eigenvalue weighted by molar-refractivity contribution is 0.0338. The molecule has 0 aromatic carbocycles. The van der Waals surface area contributed by atoms with Crippen molar-refractivity contribution < 1.29 is 13.9 Å². The number of nitrogens with two attached hydrogens (primary N) is 1. The second kappa shape index (κ2) is 6.26. The molecule has 114 valence electrons. The molecule has 0 fully saturated rings. The average Bonchev–Trinajstić information content (AvgIpc) is 2.74. The molecule has 7 heteroatoms. The second-order valence-electron chi connectivity index (χ2n) is 5.20. The van der Waals surface area contributed by atoms with E-state index in [0.29, 0.717) is 0 Å². The normalized spacial score (nSPS) is 15.9. The largest absolute Gasteiger partial charge is 0.457 e. The van der Waals surface area contributed by atoms with Crippen molar-refractivity contribution >= 4 is 29.0 Å². The van der Waals surface area contributed by atoms with Crippen LogP contribution in [0.4, 0.5) is 0 Å². The molecular weight excluding hydrogens is 290 g/mol. The Balaban J connectivity index is 2.37.